The highest BCUT2D eigenvalue weighted by atomic mass is 16.5. The number of nitrogens with zero attached hydrogens (tertiary/aromatic N) is 2. The molecule has 1 amide bonds. The van der Waals surface area contributed by atoms with Gasteiger partial charge in [-0.05, 0) is 97.2 Å². The van der Waals surface area contributed by atoms with Gasteiger partial charge >= 0.3 is 0 Å². The van der Waals surface area contributed by atoms with Crippen LogP contribution < -0.4 is 11.1 Å². The number of carbonyl (C=O) groups excluding carboxylic acids is 2. The fourth-order valence-corrected chi connectivity index (χ4v) is 11.9. The molecule has 5 aliphatic carbocycles. The highest BCUT2D eigenvalue weighted by molar-refractivity contribution is 6.03. The first-order valence-electron chi connectivity index (χ1n) is 17.4. The van der Waals surface area contributed by atoms with Crippen LogP contribution in [0.2, 0.25) is 0 Å². The first-order chi connectivity index (χ1) is 20.6. The van der Waals surface area contributed by atoms with E-state index in [2.05, 4.69) is 64.9 Å². The predicted octanol–water partition coefficient (Wildman–Crippen LogP) is 5.91. The molecule has 6 rings (SSSR count). The van der Waals surface area contributed by atoms with Gasteiger partial charge in [-0.1, -0.05) is 60.1 Å². The normalized spacial score (nSPS) is 45.2. The van der Waals surface area contributed by atoms with Crippen molar-refractivity contribution in [2.24, 2.45) is 67.4 Å². The third-order valence-corrected chi connectivity index (χ3v) is 15.0. The second-order valence-corrected chi connectivity index (χ2v) is 16.8. The Kier molecular flexibility index (Phi) is 7.70. The van der Waals surface area contributed by atoms with E-state index in [-0.39, 0.29) is 45.4 Å². The quantitative estimate of drug-likeness (QED) is 0.194. The van der Waals surface area contributed by atoms with E-state index in [0.717, 1.165) is 51.4 Å². The van der Waals surface area contributed by atoms with Crippen molar-refractivity contribution in [3.63, 3.8) is 0 Å². The van der Waals surface area contributed by atoms with Crippen LogP contribution in [0.1, 0.15) is 106 Å². The van der Waals surface area contributed by atoms with Crippen LogP contribution >= 0.6 is 0 Å². The number of nitrogens with one attached hydrogen (secondary N) is 2. The lowest BCUT2D eigenvalue weighted by Crippen LogP contribution is -2.65. The van der Waals surface area contributed by atoms with Gasteiger partial charge in [0.25, 0.3) is 0 Å². The zero-order valence-corrected chi connectivity index (χ0v) is 28.4. The van der Waals surface area contributed by atoms with Gasteiger partial charge in [0.05, 0.1) is 18.6 Å². The molecule has 244 valence electrons. The number of nitrogens with two attached hydrogens (primary N) is 1. The molecule has 6 aliphatic rings. The molecular weight excluding hydrogens is 550 g/mol. The predicted molar refractivity (Wildman–Crippen MR) is 174 cm³/mol. The van der Waals surface area contributed by atoms with Gasteiger partial charge in [0.1, 0.15) is 5.78 Å². The maximum atomic E-state index is 14.4. The second-order valence-electron chi connectivity index (χ2n) is 16.8. The van der Waals surface area contributed by atoms with Crippen LogP contribution in [0.25, 0.3) is 0 Å². The van der Waals surface area contributed by atoms with Crippen molar-refractivity contribution < 1.29 is 14.3 Å². The molecule has 8 heteroatoms. The minimum absolute atomic E-state index is 0.00167. The Morgan fingerprint density at radius 1 is 1.02 bits per heavy atom. The third-order valence-electron chi connectivity index (χ3n) is 15.0. The van der Waals surface area contributed by atoms with Crippen molar-refractivity contribution in [2.45, 2.75) is 106 Å². The lowest BCUT2D eigenvalue weighted by Gasteiger charge is -2.71. The van der Waals surface area contributed by atoms with Gasteiger partial charge in [-0.15, -0.1) is 0 Å². The number of ether oxygens (including phenoxy) is 1. The lowest BCUT2D eigenvalue weighted by molar-refractivity contribution is -0.186. The summed E-state index contributed by atoms with van der Waals surface area (Å²) in [6.07, 6.45) is 11.2. The van der Waals surface area contributed by atoms with Crippen molar-refractivity contribution in [1.29, 1.82) is 5.41 Å². The number of aliphatic imine (C=N–C) groups is 1. The van der Waals surface area contributed by atoms with E-state index in [0.29, 0.717) is 62.2 Å². The summed E-state index contributed by atoms with van der Waals surface area (Å²) in [6.45, 7) is 19.2. The number of rotatable bonds is 1. The van der Waals surface area contributed by atoms with Crippen molar-refractivity contribution in [2.75, 3.05) is 26.3 Å². The summed E-state index contributed by atoms with van der Waals surface area (Å²) >= 11 is 0. The van der Waals surface area contributed by atoms with Crippen LogP contribution in [0, 0.1) is 62.1 Å². The van der Waals surface area contributed by atoms with Crippen LogP contribution in [-0.2, 0) is 14.3 Å². The molecule has 9 atom stereocenters. The number of guanidine groups is 2. The van der Waals surface area contributed by atoms with Crippen molar-refractivity contribution in [3.8, 4) is 0 Å². The topological polar surface area (TPSA) is 121 Å². The average molecular weight is 608 g/mol. The van der Waals surface area contributed by atoms with Gasteiger partial charge in [-0.25, -0.2) is 0 Å². The first-order valence-corrected chi connectivity index (χ1v) is 17.4. The van der Waals surface area contributed by atoms with E-state index in [9.17, 15) is 9.59 Å². The third kappa shape index (κ3) is 4.39. The molecule has 4 saturated carbocycles. The Balaban J connectivity index is 1.33. The maximum absolute atomic E-state index is 14.4. The Bertz CT molecular complexity index is 1280. The van der Waals surface area contributed by atoms with Crippen molar-refractivity contribution in [1.82, 2.24) is 10.2 Å². The number of amides is 1. The summed E-state index contributed by atoms with van der Waals surface area (Å²) in [5, 5.41) is 11.5. The Labute approximate surface area is 264 Å². The molecule has 0 bridgehead atoms. The molecule has 1 heterocycles. The average Bonchev–Trinajstić information content (AvgIpc) is 2.97. The van der Waals surface area contributed by atoms with E-state index in [4.69, 9.17) is 15.9 Å². The Morgan fingerprint density at radius 3 is 2.43 bits per heavy atom. The number of allylic oxidation sites excluding steroid dienone is 2. The van der Waals surface area contributed by atoms with Crippen LogP contribution in [0.4, 0.5) is 0 Å². The number of hydrogen-bond acceptors (Lipinski definition) is 4. The number of hydrogen-bond donors (Lipinski definition) is 3. The zero-order chi connectivity index (χ0) is 31.9. The number of fused-ring (bicyclic) bond motifs is 7. The molecule has 44 heavy (non-hydrogen) atoms. The van der Waals surface area contributed by atoms with E-state index in [1.54, 1.807) is 0 Å². The fraction of sp³-hybridized carbons (Fsp3) is 0.833. The SMILES string of the molecule is C[C@@H]1CC[C@]2(C(=O)NC(=N)/N=C(/N)N3CCOCC3)CC[C@]3(C)C(=CCC4[C@@]5(C)CCC(=O)C(C)(C)C5CC[C@]43C)C2[C@H]1C. The summed E-state index contributed by atoms with van der Waals surface area (Å²) in [5.74, 6) is 2.48. The molecular formula is C36H57N5O3. The van der Waals surface area contributed by atoms with E-state index >= 15 is 0 Å². The summed E-state index contributed by atoms with van der Waals surface area (Å²) in [6, 6.07) is 0. The van der Waals surface area contributed by atoms with Crippen molar-refractivity contribution in [3.05, 3.63) is 11.6 Å². The zero-order valence-electron chi connectivity index (χ0n) is 28.4. The molecule has 8 nitrogen and oxygen atoms in total. The molecule has 5 fully saturated rings. The molecule has 0 spiro atoms. The fourth-order valence-electron chi connectivity index (χ4n) is 11.9. The molecule has 0 aromatic rings. The number of morpholine rings is 1. The minimum Gasteiger partial charge on any atom is -0.378 e. The van der Waals surface area contributed by atoms with Crippen molar-refractivity contribution >= 4 is 23.6 Å². The van der Waals surface area contributed by atoms with Gasteiger partial charge < -0.3 is 15.4 Å². The number of carbonyl (C=O) groups is 2. The van der Waals surface area contributed by atoms with E-state index < -0.39 is 5.41 Å². The van der Waals surface area contributed by atoms with Crippen LogP contribution in [0.15, 0.2) is 16.6 Å². The summed E-state index contributed by atoms with van der Waals surface area (Å²) < 4.78 is 5.42. The number of ketones is 1. The van der Waals surface area contributed by atoms with Crippen LogP contribution in [0.3, 0.4) is 0 Å². The molecule has 1 saturated heterocycles. The highest BCUT2D eigenvalue weighted by Crippen LogP contribution is 2.75. The van der Waals surface area contributed by atoms with Gasteiger partial charge in [0.2, 0.25) is 11.9 Å². The van der Waals surface area contributed by atoms with Gasteiger partial charge in [0, 0.05) is 24.9 Å². The minimum atomic E-state index is -0.545. The summed E-state index contributed by atoms with van der Waals surface area (Å²) in [4.78, 5) is 33.7. The smallest absolute Gasteiger partial charge is 0.233 e. The summed E-state index contributed by atoms with van der Waals surface area (Å²) in [5.41, 5.74) is 7.20. The Hall–Kier alpha value is -2.22. The monoisotopic (exact) mass is 607 g/mol. The summed E-state index contributed by atoms with van der Waals surface area (Å²) in [7, 11) is 0. The van der Waals surface area contributed by atoms with Gasteiger partial charge in [-0.3, -0.25) is 20.3 Å². The van der Waals surface area contributed by atoms with E-state index in [1.807, 2.05) is 4.90 Å². The largest absolute Gasteiger partial charge is 0.378 e. The molecule has 0 radical (unpaired) electrons. The molecule has 4 N–H and O–H groups in total. The molecule has 1 aliphatic heterocycles. The van der Waals surface area contributed by atoms with Crippen LogP contribution in [-0.4, -0.2) is 54.8 Å². The molecule has 0 aromatic heterocycles. The highest BCUT2D eigenvalue weighted by Gasteiger charge is 2.69. The van der Waals surface area contributed by atoms with Gasteiger partial charge in [0.15, 0.2) is 5.96 Å². The van der Waals surface area contributed by atoms with Crippen LogP contribution in [0.5, 0.6) is 0 Å². The van der Waals surface area contributed by atoms with E-state index in [1.165, 1.54) is 5.57 Å². The maximum Gasteiger partial charge on any atom is 0.233 e. The standard InChI is InChI=1S/C36H57N5O3/c1-22-10-15-36(29(43)39-30(37)40-31(38)41-18-20-44-21-19-41)17-16-34(6)24(28(36)23(22)2)8-9-26-33(5)13-12-27(42)32(3,4)25(33)11-14-35(26,34)7/h8,22-23,25-26,28H,9-21H2,1-7H3,(H4,37,38,39,40,43)/t22-,23+,25?,26?,28?,33+,34-,35-,36+/m1/s1. The second kappa shape index (κ2) is 10.7. The van der Waals surface area contributed by atoms with Gasteiger partial charge in [-0.2, -0.15) is 4.99 Å². The molecule has 0 aromatic carbocycles. The number of Topliss-reactive ketones (excluding diaryl/α,β-unsaturated/α-hetero) is 1. The lowest BCUT2D eigenvalue weighted by atomic mass is 9.33. The first kappa shape index (κ1) is 31.7. The Morgan fingerprint density at radius 2 is 1.73 bits per heavy atom. The molecule has 3 unspecified atom stereocenters.